The highest BCUT2D eigenvalue weighted by molar-refractivity contribution is 5.33. The molecule has 19 heavy (non-hydrogen) atoms. The van der Waals surface area contributed by atoms with Crippen molar-refractivity contribution in [3.05, 3.63) is 34.9 Å². The van der Waals surface area contributed by atoms with Crippen LogP contribution in [0.4, 0.5) is 0 Å². The quantitative estimate of drug-likeness (QED) is 0.909. The maximum atomic E-state index is 6.40. The molecule has 1 aromatic carbocycles. The molecule has 0 amide bonds. The molecular weight excluding hydrogens is 236 g/mol. The lowest BCUT2D eigenvalue weighted by Crippen LogP contribution is -2.47. The van der Waals surface area contributed by atoms with E-state index in [1.807, 2.05) is 0 Å². The lowest BCUT2D eigenvalue weighted by Gasteiger charge is -2.36. The molecule has 1 saturated heterocycles. The number of morpholine rings is 1. The predicted molar refractivity (Wildman–Crippen MR) is 79.3 cm³/mol. The third-order valence-electron chi connectivity index (χ3n) is 3.78. The molecular formula is C16H26N2O. The fourth-order valence-corrected chi connectivity index (χ4v) is 2.97. The summed E-state index contributed by atoms with van der Waals surface area (Å²) in [6.45, 7) is 11.4. The number of benzene rings is 1. The summed E-state index contributed by atoms with van der Waals surface area (Å²) in [6, 6.07) is 6.60. The Morgan fingerprint density at radius 1 is 1.26 bits per heavy atom. The average molecular weight is 262 g/mol. The zero-order chi connectivity index (χ0) is 14.0. The third kappa shape index (κ3) is 3.78. The fourth-order valence-electron chi connectivity index (χ4n) is 2.97. The van der Waals surface area contributed by atoms with Crippen molar-refractivity contribution in [2.24, 2.45) is 5.73 Å². The number of ether oxygens (including phenoxy) is 1. The predicted octanol–water partition coefficient (Wildman–Crippen LogP) is 2.41. The van der Waals surface area contributed by atoms with Gasteiger partial charge in [0.1, 0.15) is 0 Å². The molecule has 1 fully saturated rings. The standard InChI is InChI=1S/C16H26N2O/c1-11-5-6-12(2)15(7-11)16(17)10-18-8-13(3)19-14(4)9-18/h5-7,13-14,16H,8-10,17H2,1-4H3. The highest BCUT2D eigenvalue weighted by Gasteiger charge is 2.24. The third-order valence-corrected chi connectivity index (χ3v) is 3.78. The van der Waals surface area contributed by atoms with Gasteiger partial charge in [-0.2, -0.15) is 0 Å². The van der Waals surface area contributed by atoms with Crippen LogP contribution in [0.5, 0.6) is 0 Å². The van der Waals surface area contributed by atoms with Crippen LogP contribution in [0.3, 0.4) is 0 Å². The fraction of sp³-hybridized carbons (Fsp3) is 0.625. The van der Waals surface area contributed by atoms with Crippen molar-refractivity contribution < 1.29 is 4.74 Å². The van der Waals surface area contributed by atoms with E-state index in [1.165, 1.54) is 16.7 Å². The SMILES string of the molecule is Cc1ccc(C)c(C(N)CN2CC(C)OC(C)C2)c1. The monoisotopic (exact) mass is 262 g/mol. The van der Waals surface area contributed by atoms with Crippen LogP contribution in [-0.2, 0) is 4.74 Å². The van der Waals surface area contributed by atoms with E-state index in [2.05, 4.69) is 50.8 Å². The van der Waals surface area contributed by atoms with Crippen LogP contribution < -0.4 is 5.73 Å². The lowest BCUT2D eigenvalue weighted by atomic mass is 9.99. The second-order valence-corrected chi connectivity index (χ2v) is 5.94. The first-order valence-corrected chi connectivity index (χ1v) is 7.16. The minimum absolute atomic E-state index is 0.0809. The Hall–Kier alpha value is -0.900. The molecule has 2 N–H and O–H groups in total. The van der Waals surface area contributed by atoms with Crippen molar-refractivity contribution >= 4 is 0 Å². The van der Waals surface area contributed by atoms with Crippen LogP contribution in [0.2, 0.25) is 0 Å². The van der Waals surface area contributed by atoms with Crippen molar-refractivity contribution in [1.29, 1.82) is 0 Å². The summed E-state index contributed by atoms with van der Waals surface area (Å²) in [7, 11) is 0. The first-order chi connectivity index (χ1) is 8.95. The average Bonchev–Trinajstić information content (AvgIpc) is 2.30. The van der Waals surface area contributed by atoms with E-state index in [9.17, 15) is 0 Å². The molecule has 0 bridgehead atoms. The number of rotatable bonds is 3. The zero-order valence-corrected chi connectivity index (χ0v) is 12.5. The van der Waals surface area contributed by atoms with Gasteiger partial charge in [-0.1, -0.05) is 23.8 Å². The van der Waals surface area contributed by atoms with Gasteiger partial charge in [-0.3, -0.25) is 4.90 Å². The summed E-state index contributed by atoms with van der Waals surface area (Å²) >= 11 is 0. The van der Waals surface area contributed by atoms with Gasteiger partial charge >= 0.3 is 0 Å². The van der Waals surface area contributed by atoms with Gasteiger partial charge in [0.05, 0.1) is 12.2 Å². The van der Waals surface area contributed by atoms with Crippen LogP contribution >= 0.6 is 0 Å². The van der Waals surface area contributed by atoms with E-state index >= 15 is 0 Å². The molecule has 0 radical (unpaired) electrons. The number of hydrogen-bond donors (Lipinski definition) is 1. The van der Waals surface area contributed by atoms with Gasteiger partial charge in [0.25, 0.3) is 0 Å². The maximum absolute atomic E-state index is 6.40. The molecule has 3 atom stereocenters. The van der Waals surface area contributed by atoms with Crippen LogP contribution in [0, 0.1) is 13.8 Å². The summed E-state index contributed by atoms with van der Waals surface area (Å²) in [4.78, 5) is 2.42. The Morgan fingerprint density at radius 2 is 1.89 bits per heavy atom. The smallest absolute Gasteiger partial charge is 0.0678 e. The number of nitrogens with zero attached hydrogens (tertiary/aromatic N) is 1. The molecule has 0 aromatic heterocycles. The number of aryl methyl sites for hydroxylation is 2. The lowest BCUT2D eigenvalue weighted by molar-refractivity contribution is -0.0691. The molecule has 106 valence electrons. The molecule has 1 aliphatic rings. The minimum Gasteiger partial charge on any atom is -0.373 e. The van der Waals surface area contributed by atoms with Gasteiger partial charge in [0.2, 0.25) is 0 Å². The minimum atomic E-state index is 0.0809. The molecule has 3 nitrogen and oxygen atoms in total. The van der Waals surface area contributed by atoms with Gasteiger partial charge in [-0.25, -0.2) is 0 Å². The van der Waals surface area contributed by atoms with Crippen LogP contribution in [0.25, 0.3) is 0 Å². The number of hydrogen-bond acceptors (Lipinski definition) is 3. The van der Waals surface area contributed by atoms with E-state index < -0.39 is 0 Å². The Morgan fingerprint density at radius 3 is 2.53 bits per heavy atom. The van der Waals surface area contributed by atoms with E-state index in [4.69, 9.17) is 10.5 Å². The summed E-state index contributed by atoms with van der Waals surface area (Å²) in [5.41, 5.74) is 10.2. The normalized spacial score (nSPS) is 26.4. The molecule has 1 aromatic rings. The molecule has 0 aliphatic carbocycles. The second-order valence-electron chi connectivity index (χ2n) is 5.94. The van der Waals surface area contributed by atoms with Gasteiger partial charge in [-0.15, -0.1) is 0 Å². The van der Waals surface area contributed by atoms with Gasteiger partial charge in [-0.05, 0) is 38.8 Å². The highest BCUT2D eigenvalue weighted by atomic mass is 16.5. The topological polar surface area (TPSA) is 38.5 Å². The van der Waals surface area contributed by atoms with Crippen LogP contribution in [-0.4, -0.2) is 36.7 Å². The van der Waals surface area contributed by atoms with Crippen molar-refractivity contribution in [3.8, 4) is 0 Å². The second kappa shape index (κ2) is 6.04. The Kier molecular flexibility index (Phi) is 4.61. The van der Waals surface area contributed by atoms with E-state index in [1.54, 1.807) is 0 Å². The first-order valence-electron chi connectivity index (χ1n) is 7.16. The molecule has 0 saturated carbocycles. The molecule has 1 aliphatic heterocycles. The van der Waals surface area contributed by atoms with Crippen LogP contribution in [0.1, 0.15) is 36.6 Å². The Balaban J connectivity index is 2.04. The summed E-state index contributed by atoms with van der Waals surface area (Å²) in [5, 5.41) is 0. The van der Waals surface area contributed by atoms with Gasteiger partial charge < -0.3 is 10.5 Å². The molecule has 3 heteroatoms. The van der Waals surface area contributed by atoms with E-state index in [-0.39, 0.29) is 6.04 Å². The largest absolute Gasteiger partial charge is 0.373 e. The number of nitrogens with two attached hydrogens (primary N) is 1. The maximum Gasteiger partial charge on any atom is 0.0678 e. The van der Waals surface area contributed by atoms with Crippen molar-refractivity contribution in [1.82, 2.24) is 4.90 Å². The van der Waals surface area contributed by atoms with Gasteiger partial charge in [0.15, 0.2) is 0 Å². The van der Waals surface area contributed by atoms with Crippen molar-refractivity contribution in [3.63, 3.8) is 0 Å². The van der Waals surface area contributed by atoms with Gasteiger partial charge in [0, 0.05) is 25.7 Å². The Bertz CT molecular complexity index is 423. The molecule has 3 unspecified atom stereocenters. The summed E-state index contributed by atoms with van der Waals surface area (Å²) in [5.74, 6) is 0. The summed E-state index contributed by atoms with van der Waals surface area (Å²) in [6.07, 6.45) is 0.601. The van der Waals surface area contributed by atoms with E-state index in [0.29, 0.717) is 12.2 Å². The molecule has 0 spiro atoms. The van der Waals surface area contributed by atoms with Crippen molar-refractivity contribution in [2.75, 3.05) is 19.6 Å². The molecule has 2 rings (SSSR count). The van der Waals surface area contributed by atoms with Crippen LogP contribution in [0.15, 0.2) is 18.2 Å². The zero-order valence-electron chi connectivity index (χ0n) is 12.5. The van der Waals surface area contributed by atoms with Crippen molar-refractivity contribution in [2.45, 2.75) is 45.9 Å². The summed E-state index contributed by atoms with van der Waals surface area (Å²) < 4.78 is 5.76. The highest BCUT2D eigenvalue weighted by Crippen LogP contribution is 2.20. The first kappa shape index (κ1) is 14.5. The van der Waals surface area contributed by atoms with E-state index in [0.717, 1.165) is 19.6 Å². The Labute approximate surface area is 116 Å². The molecule has 1 heterocycles.